The van der Waals surface area contributed by atoms with Crippen molar-refractivity contribution in [1.82, 2.24) is 9.88 Å². The van der Waals surface area contributed by atoms with Crippen molar-refractivity contribution in [3.05, 3.63) is 70.7 Å². The number of hydrogen-bond donors (Lipinski definition) is 2. The van der Waals surface area contributed by atoms with Crippen molar-refractivity contribution in [1.29, 1.82) is 0 Å². The van der Waals surface area contributed by atoms with Crippen LogP contribution in [0.4, 0.5) is 13.2 Å². The van der Waals surface area contributed by atoms with E-state index in [0.717, 1.165) is 79.0 Å². The first-order valence-electron chi connectivity index (χ1n) is 13.5. The van der Waals surface area contributed by atoms with E-state index in [4.69, 9.17) is 10.5 Å². The Morgan fingerprint density at radius 2 is 1.87 bits per heavy atom. The summed E-state index contributed by atoms with van der Waals surface area (Å²) in [7, 11) is 1.63. The lowest BCUT2D eigenvalue weighted by Gasteiger charge is -2.41. The van der Waals surface area contributed by atoms with Crippen LogP contribution in [0.2, 0.25) is 0 Å². The fourth-order valence-corrected chi connectivity index (χ4v) is 5.88. The predicted octanol–water partition coefficient (Wildman–Crippen LogP) is 5.63. The number of pyridine rings is 1. The second kappa shape index (κ2) is 12.8. The summed E-state index contributed by atoms with van der Waals surface area (Å²) in [6, 6.07) is 7.38. The molecule has 1 aliphatic rings. The molecule has 1 aromatic heterocycles. The van der Waals surface area contributed by atoms with Crippen molar-refractivity contribution < 1.29 is 27.8 Å². The maximum Gasteiger partial charge on any atom is 0.303 e. The standard InChI is InChI=1S/C30H36F3N3O3/c1-39-23-6-7-27-25(16-23)24(21(18-34)19-35-27)5-2-8-30(17-28(37)38)9-12-36(13-10-30)11-3-4-20-14-22(31)15-26(32)29(20)33/h6-7,14-16,19H,2-5,8-13,17-18,34H2,1H3,(H,37,38). The summed E-state index contributed by atoms with van der Waals surface area (Å²) in [6.07, 6.45) is 6.59. The highest BCUT2D eigenvalue weighted by molar-refractivity contribution is 5.84. The van der Waals surface area contributed by atoms with Gasteiger partial charge in [-0.05, 0) is 111 Å². The summed E-state index contributed by atoms with van der Waals surface area (Å²) in [6.45, 7) is 2.50. The van der Waals surface area contributed by atoms with E-state index in [1.807, 2.05) is 24.4 Å². The molecule has 39 heavy (non-hydrogen) atoms. The van der Waals surface area contributed by atoms with Gasteiger partial charge < -0.3 is 20.5 Å². The molecule has 3 aromatic rings. The Kier molecular flexibility index (Phi) is 9.45. The number of piperidine rings is 1. The molecule has 0 saturated carbocycles. The zero-order chi connectivity index (χ0) is 28.0. The second-order valence-electron chi connectivity index (χ2n) is 10.6. The molecule has 0 spiro atoms. The van der Waals surface area contributed by atoms with Crippen LogP contribution in [0.25, 0.3) is 10.9 Å². The number of aromatic nitrogens is 1. The van der Waals surface area contributed by atoms with Crippen LogP contribution in [0.15, 0.2) is 36.5 Å². The lowest BCUT2D eigenvalue weighted by atomic mass is 9.71. The molecule has 0 radical (unpaired) electrons. The van der Waals surface area contributed by atoms with Gasteiger partial charge in [0.05, 0.1) is 19.0 Å². The minimum Gasteiger partial charge on any atom is -0.497 e. The first-order chi connectivity index (χ1) is 18.7. The Bertz CT molecular complexity index is 1300. The Labute approximate surface area is 227 Å². The molecular weight excluding hydrogens is 507 g/mol. The number of nitrogens with two attached hydrogens (primary N) is 1. The van der Waals surface area contributed by atoms with E-state index in [1.165, 1.54) is 0 Å². The van der Waals surface area contributed by atoms with Crippen LogP contribution in [0.1, 0.15) is 55.2 Å². The monoisotopic (exact) mass is 543 g/mol. The fourth-order valence-electron chi connectivity index (χ4n) is 5.88. The number of benzene rings is 2. The predicted molar refractivity (Wildman–Crippen MR) is 144 cm³/mol. The minimum absolute atomic E-state index is 0.0443. The summed E-state index contributed by atoms with van der Waals surface area (Å²) >= 11 is 0. The molecule has 4 rings (SSSR count). The van der Waals surface area contributed by atoms with Gasteiger partial charge in [0.25, 0.3) is 0 Å². The average molecular weight is 544 g/mol. The van der Waals surface area contributed by atoms with Gasteiger partial charge in [-0.25, -0.2) is 13.2 Å². The number of halogens is 3. The highest BCUT2D eigenvalue weighted by Gasteiger charge is 2.36. The maximum absolute atomic E-state index is 14.0. The molecule has 0 bridgehead atoms. The molecule has 0 amide bonds. The number of fused-ring (bicyclic) bond motifs is 1. The number of rotatable bonds is 12. The third-order valence-electron chi connectivity index (χ3n) is 8.06. The van der Waals surface area contributed by atoms with Gasteiger partial charge in [-0.15, -0.1) is 0 Å². The van der Waals surface area contributed by atoms with E-state index < -0.39 is 23.4 Å². The summed E-state index contributed by atoms with van der Waals surface area (Å²) in [5.41, 5.74) is 8.75. The molecule has 1 saturated heterocycles. The van der Waals surface area contributed by atoms with E-state index in [9.17, 15) is 23.1 Å². The summed E-state index contributed by atoms with van der Waals surface area (Å²) in [5.74, 6) is -2.99. The molecule has 9 heteroatoms. The molecule has 0 atom stereocenters. The minimum atomic E-state index is -1.17. The summed E-state index contributed by atoms with van der Waals surface area (Å²) in [4.78, 5) is 18.6. The maximum atomic E-state index is 14.0. The molecular formula is C30H36F3N3O3. The number of nitrogens with zero attached hydrogens (tertiary/aromatic N) is 2. The smallest absolute Gasteiger partial charge is 0.303 e. The zero-order valence-electron chi connectivity index (χ0n) is 22.3. The fraction of sp³-hybridized carbons (Fsp3) is 0.467. The number of carboxylic acids is 1. The second-order valence-corrected chi connectivity index (χ2v) is 10.6. The van der Waals surface area contributed by atoms with Gasteiger partial charge in [-0.1, -0.05) is 0 Å². The first kappa shape index (κ1) is 28.8. The lowest BCUT2D eigenvalue weighted by molar-refractivity contribution is -0.140. The number of likely N-dealkylation sites (tertiary alicyclic amines) is 1. The number of hydrogen-bond acceptors (Lipinski definition) is 5. The summed E-state index contributed by atoms with van der Waals surface area (Å²) < 4.78 is 46.3. The van der Waals surface area contributed by atoms with E-state index >= 15 is 0 Å². The Morgan fingerprint density at radius 1 is 1.10 bits per heavy atom. The lowest BCUT2D eigenvalue weighted by Crippen LogP contribution is -2.41. The Balaban J connectivity index is 1.37. The average Bonchev–Trinajstić information content (AvgIpc) is 2.91. The van der Waals surface area contributed by atoms with E-state index in [0.29, 0.717) is 25.6 Å². The zero-order valence-corrected chi connectivity index (χ0v) is 22.3. The van der Waals surface area contributed by atoms with Crippen molar-refractivity contribution >= 4 is 16.9 Å². The summed E-state index contributed by atoms with van der Waals surface area (Å²) in [5, 5.41) is 10.7. The van der Waals surface area contributed by atoms with Gasteiger partial charge in [0.1, 0.15) is 11.6 Å². The highest BCUT2D eigenvalue weighted by Crippen LogP contribution is 2.40. The largest absolute Gasteiger partial charge is 0.497 e. The van der Waals surface area contributed by atoms with E-state index in [1.54, 1.807) is 7.11 Å². The Morgan fingerprint density at radius 3 is 2.56 bits per heavy atom. The van der Waals surface area contributed by atoms with Gasteiger partial charge in [0, 0.05) is 24.2 Å². The van der Waals surface area contributed by atoms with Gasteiger partial charge in [0.15, 0.2) is 11.6 Å². The molecule has 0 aliphatic carbocycles. The SMILES string of the molecule is COc1ccc2ncc(CN)c(CCCC3(CC(=O)O)CCN(CCCc4cc(F)cc(F)c4F)CC3)c2c1. The quantitative estimate of drug-likeness (QED) is 0.288. The molecule has 2 aromatic carbocycles. The van der Waals surface area contributed by atoms with Crippen molar-refractivity contribution in [2.24, 2.45) is 11.1 Å². The van der Waals surface area contributed by atoms with Crippen LogP contribution in [0.3, 0.4) is 0 Å². The van der Waals surface area contributed by atoms with Crippen molar-refractivity contribution in [3.8, 4) is 5.75 Å². The number of aliphatic carboxylic acids is 1. The topological polar surface area (TPSA) is 88.7 Å². The van der Waals surface area contributed by atoms with E-state index in [-0.39, 0.29) is 23.8 Å². The molecule has 210 valence electrons. The molecule has 6 nitrogen and oxygen atoms in total. The van der Waals surface area contributed by atoms with Crippen LogP contribution in [0.5, 0.6) is 5.75 Å². The first-order valence-corrected chi connectivity index (χ1v) is 13.5. The van der Waals surface area contributed by atoms with Crippen molar-refractivity contribution in [2.75, 3.05) is 26.7 Å². The van der Waals surface area contributed by atoms with Crippen LogP contribution in [-0.4, -0.2) is 47.7 Å². The molecule has 1 fully saturated rings. The highest BCUT2D eigenvalue weighted by atomic mass is 19.2. The number of carboxylic acid groups (broad SMARTS) is 1. The van der Waals surface area contributed by atoms with E-state index in [2.05, 4.69) is 9.88 Å². The molecule has 2 heterocycles. The number of carbonyl (C=O) groups is 1. The third kappa shape index (κ3) is 7.08. The molecule has 3 N–H and O–H groups in total. The number of ether oxygens (including phenoxy) is 1. The van der Waals surface area contributed by atoms with Crippen LogP contribution >= 0.6 is 0 Å². The van der Waals surface area contributed by atoms with Crippen molar-refractivity contribution in [2.45, 2.75) is 57.9 Å². The van der Waals surface area contributed by atoms with Crippen LogP contribution in [-0.2, 0) is 24.2 Å². The van der Waals surface area contributed by atoms with Gasteiger partial charge in [0.2, 0.25) is 0 Å². The number of methoxy groups -OCH3 is 1. The third-order valence-corrected chi connectivity index (χ3v) is 8.06. The van der Waals surface area contributed by atoms with Crippen LogP contribution < -0.4 is 10.5 Å². The number of aryl methyl sites for hydroxylation is 2. The normalized spacial score (nSPS) is 15.5. The molecule has 0 unspecified atom stereocenters. The van der Waals surface area contributed by atoms with Gasteiger partial charge in [-0.3, -0.25) is 9.78 Å². The van der Waals surface area contributed by atoms with Crippen molar-refractivity contribution in [3.63, 3.8) is 0 Å². The van der Waals surface area contributed by atoms with Crippen LogP contribution in [0, 0.1) is 22.9 Å². The van der Waals surface area contributed by atoms with Gasteiger partial charge >= 0.3 is 5.97 Å². The van der Waals surface area contributed by atoms with Gasteiger partial charge in [-0.2, -0.15) is 0 Å². The molecule has 1 aliphatic heterocycles. The Hall–Kier alpha value is -3.17.